The van der Waals surface area contributed by atoms with Crippen molar-refractivity contribution in [3.8, 4) is 0 Å². The predicted molar refractivity (Wildman–Crippen MR) is 44.8 cm³/mol. The second-order valence-electron chi connectivity index (χ2n) is 3.17. The highest BCUT2D eigenvalue weighted by Gasteiger charge is 2.19. The second-order valence-corrected chi connectivity index (χ2v) is 3.89. The minimum Gasteiger partial charge on any atom is -0.300 e. The van der Waals surface area contributed by atoms with E-state index in [0.717, 1.165) is 19.0 Å². The average molecular weight is 163 g/mol. The maximum Gasteiger partial charge on any atom is 0.126 e. The third-order valence-corrected chi connectivity index (χ3v) is 2.15. The first-order valence-electron chi connectivity index (χ1n) is 3.80. The molecule has 1 fully saturated rings. The molecule has 2 unspecified atom stereocenters. The quantitative estimate of drug-likeness (QED) is 0.557. The number of likely N-dealkylation sites (tertiary alicyclic amines) is 1. The third-order valence-electron chi connectivity index (χ3n) is 1.94. The minimum atomic E-state index is -0.745. The molecule has 0 amide bonds. The lowest BCUT2D eigenvalue weighted by Gasteiger charge is -2.14. The van der Waals surface area contributed by atoms with E-state index in [1.165, 1.54) is 6.42 Å². The zero-order valence-electron chi connectivity index (χ0n) is 6.39. The SMILES string of the molecule is C[C@H]1CCN(CC(F)P)C1. The lowest BCUT2D eigenvalue weighted by molar-refractivity contribution is 0.272. The van der Waals surface area contributed by atoms with Crippen molar-refractivity contribution in [2.45, 2.75) is 19.3 Å². The molecular formula is C7H15FNP. The van der Waals surface area contributed by atoms with Crippen molar-refractivity contribution in [3.63, 3.8) is 0 Å². The smallest absolute Gasteiger partial charge is 0.126 e. The van der Waals surface area contributed by atoms with Crippen LogP contribution in [0.15, 0.2) is 0 Å². The molecule has 0 bridgehead atoms. The summed E-state index contributed by atoms with van der Waals surface area (Å²) in [6.45, 7) is 4.97. The number of alkyl halides is 1. The van der Waals surface area contributed by atoms with Gasteiger partial charge < -0.3 is 0 Å². The van der Waals surface area contributed by atoms with Gasteiger partial charge in [-0.1, -0.05) is 16.2 Å². The fourth-order valence-corrected chi connectivity index (χ4v) is 1.74. The van der Waals surface area contributed by atoms with Gasteiger partial charge in [-0.15, -0.1) is 0 Å². The summed E-state index contributed by atoms with van der Waals surface area (Å²) < 4.78 is 12.4. The van der Waals surface area contributed by atoms with Gasteiger partial charge in [0.1, 0.15) is 5.91 Å². The molecule has 1 aliphatic rings. The first kappa shape index (κ1) is 8.42. The summed E-state index contributed by atoms with van der Waals surface area (Å²) >= 11 is 0. The molecule has 1 aliphatic heterocycles. The van der Waals surface area contributed by atoms with E-state index in [1.54, 1.807) is 0 Å². The molecule has 1 nitrogen and oxygen atoms in total. The van der Waals surface area contributed by atoms with E-state index in [2.05, 4.69) is 21.1 Å². The number of rotatable bonds is 2. The van der Waals surface area contributed by atoms with Crippen LogP contribution in [0.1, 0.15) is 13.3 Å². The van der Waals surface area contributed by atoms with Crippen molar-refractivity contribution in [2.24, 2.45) is 5.92 Å². The highest BCUT2D eigenvalue weighted by molar-refractivity contribution is 7.17. The number of hydrogen-bond acceptors (Lipinski definition) is 1. The van der Waals surface area contributed by atoms with Gasteiger partial charge in [-0.2, -0.15) is 0 Å². The predicted octanol–water partition coefficient (Wildman–Crippen LogP) is 1.50. The fraction of sp³-hybridized carbons (Fsp3) is 1.00. The van der Waals surface area contributed by atoms with Crippen molar-refractivity contribution in [1.82, 2.24) is 4.90 Å². The van der Waals surface area contributed by atoms with Crippen LogP contribution < -0.4 is 0 Å². The van der Waals surface area contributed by atoms with Crippen LogP contribution in [0.4, 0.5) is 4.39 Å². The van der Waals surface area contributed by atoms with Crippen molar-refractivity contribution < 1.29 is 4.39 Å². The molecule has 0 saturated carbocycles. The molecule has 3 heteroatoms. The third kappa shape index (κ3) is 2.51. The van der Waals surface area contributed by atoms with E-state index < -0.39 is 5.91 Å². The van der Waals surface area contributed by atoms with Crippen LogP contribution in [-0.2, 0) is 0 Å². The van der Waals surface area contributed by atoms with Crippen molar-refractivity contribution >= 4 is 9.24 Å². The van der Waals surface area contributed by atoms with Gasteiger partial charge in [0.15, 0.2) is 0 Å². The molecule has 1 heterocycles. The van der Waals surface area contributed by atoms with Crippen LogP contribution in [-0.4, -0.2) is 30.4 Å². The molecule has 3 atom stereocenters. The molecule has 10 heavy (non-hydrogen) atoms. The molecule has 0 N–H and O–H groups in total. The molecule has 60 valence electrons. The molecule has 0 spiro atoms. The Labute approximate surface area is 64.2 Å². The maximum atomic E-state index is 12.4. The van der Waals surface area contributed by atoms with Gasteiger partial charge in [-0.3, -0.25) is 4.90 Å². The summed E-state index contributed by atoms with van der Waals surface area (Å²) in [5.41, 5.74) is 0. The molecule has 0 radical (unpaired) electrons. The minimum absolute atomic E-state index is 0.592. The first-order valence-corrected chi connectivity index (χ1v) is 4.47. The lowest BCUT2D eigenvalue weighted by atomic mass is 10.2. The molecule has 0 aromatic carbocycles. The van der Waals surface area contributed by atoms with Gasteiger partial charge in [-0.25, -0.2) is 4.39 Å². The van der Waals surface area contributed by atoms with Crippen LogP contribution in [0, 0.1) is 5.92 Å². The normalized spacial score (nSPS) is 30.9. The van der Waals surface area contributed by atoms with Crippen molar-refractivity contribution in [1.29, 1.82) is 0 Å². The van der Waals surface area contributed by atoms with E-state index in [0.29, 0.717) is 6.54 Å². The van der Waals surface area contributed by atoms with Gasteiger partial charge in [0, 0.05) is 13.1 Å². The summed E-state index contributed by atoms with van der Waals surface area (Å²) in [6, 6.07) is 0. The molecule has 1 saturated heterocycles. The number of halogens is 1. The Morgan fingerprint density at radius 3 is 2.90 bits per heavy atom. The van der Waals surface area contributed by atoms with Crippen LogP contribution >= 0.6 is 9.24 Å². The van der Waals surface area contributed by atoms with Crippen LogP contribution in [0.25, 0.3) is 0 Å². The van der Waals surface area contributed by atoms with E-state index >= 15 is 0 Å². The lowest BCUT2D eigenvalue weighted by Crippen LogP contribution is -2.25. The van der Waals surface area contributed by atoms with Gasteiger partial charge >= 0.3 is 0 Å². The Balaban J connectivity index is 2.18. The summed E-state index contributed by atoms with van der Waals surface area (Å²) in [7, 11) is 2.19. The Morgan fingerprint density at radius 2 is 2.50 bits per heavy atom. The van der Waals surface area contributed by atoms with Crippen LogP contribution in [0.5, 0.6) is 0 Å². The Kier molecular flexibility index (Phi) is 3.06. The average Bonchev–Trinajstić information content (AvgIpc) is 2.13. The maximum absolute atomic E-state index is 12.4. The first-order chi connectivity index (χ1) is 4.68. The Bertz CT molecular complexity index is 108. The summed E-state index contributed by atoms with van der Waals surface area (Å²) in [5.74, 6) is 0.0223. The second kappa shape index (κ2) is 3.64. The Morgan fingerprint density at radius 1 is 1.80 bits per heavy atom. The summed E-state index contributed by atoms with van der Waals surface area (Å²) in [4.78, 5) is 2.18. The van der Waals surface area contributed by atoms with E-state index in [-0.39, 0.29) is 0 Å². The van der Waals surface area contributed by atoms with Crippen molar-refractivity contribution in [3.05, 3.63) is 0 Å². The molecule has 1 rings (SSSR count). The summed E-state index contributed by atoms with van der Waals surface area (Å²) in [5, 5.41) is 0. The zero-order chi connectivity index (χ0) is 7.56. The Hall–Kier alpha value is 0.320. The fourth-order valence-electron chi connectivity index (χ4n) is 1.44. The highest BCUT2D eigenvalue weighted by atomic mass is 31.0. The van der Waals surface area contributed by atoms with E-state index in [9.17, 15) is 4.39 Å². The van der Waals surface area contributed by atoms with Crippen LogP contribution in [0.3, 0.4) is 0 Å². The topological polar surface area (TPSA) is 3.24 Å². The number of nitrogens with zero attached hydrogens (tertiary/aromatic N) is 1. The van der Waals surface area contributed by atoms with Crippen LogP contribution in [0.2, 0.25) is 0 Å². The highest BCUT2D eigenvalue weighted by Crippen LogP contribution is 2.16. The molecule has 0 aliphatic carbocycles. The largest absolute Gasteiger partial charge is 0.300 e. The summed E-state index contributed by atoms with van der Waals surface area (Å²) in [6.07, 6.45) is 1.23. The molecule has 0 aromatic heterocycles. The van der Waals surface area contributed by atoms with E-state index in [1.807, 2.05) is 0 Å². The molecule has 0 aromatic rings. The van der Waals surface area contributed by atoms with Crippen molar-refractivity contribution in [2.75, 3.05) is 19.6 Å². The van der Waals surface area contributed by atoms with Gasteiger partial charge in [0.25, 0.3) is 0 Å². The van der Waals surface area contributed by atoms with Gasteiger partial charge in [-0.05, 0) is 18.9 Å². The van der Waals surface area contributed by atoms with Gasteiger partial charge in [0.05, 0.1) is 0 Å². The molecular weight excluding hydrogens is 148 g/mol. The number of hydrogen-bond donors (Lipinski definition) is 0. The van der Waals surface area contributed by atoms with E-state index in [4.69, 9.17) is 0 Å². The standard InChI is InChI=1S/C7H15FNP/c1-6-2-3-9(4-6)5-7(8)10/h6-7H,2-5,10H2,1H3/t6-,7?/m0/s1. The monoisotopic (exact) mass is 163 g/mol. The zero-order valence-corrected chi connectivity index (χ0v) is 7.54. The van der Waals surface area contributed by atoms with Gasteiger partial charge in [0.2, 0.25) is 0 Å².